The van der Waals surface area contributed by atoms with Crippen LogP contribution in [0.5, 0.6) is 0 Å². The largest absolute Gasteiger partial charge is 0.393 e. The van der Waals surface area contributed by atoms with Gasteiger partial charge in [0.15, 0.2) is 0 Å². The molecule has 4 saturated carbocycles. The Morgan fingerprint density at radius 1 is 0.853 bits per heavy atom. The summed E-state index contributed by atoms with van der Waals surface area (Å²) in [6.07, 6.45) is 9.31. The van der Waals surface area contributed by atoms with Gasteiger partial charge in [-0.05, 0) is 111 Å². The Hall–Kier alpha value is -0.410. The van der Waals surface area contributed by atoms with Crippen molar-refractivity contribution in [3.8, 4) is 0 Å². The number of rotatable bonds is 2. The van der Waals surface area contributed by atoms with Crippen LogP contribution in [-0.4, -0.2) is 28.2 Å². The van der Waals surface area contributed by atoms with Crippen molar-refractivity contribution in [1.82, 2.24) is 0 Å². The Morgan fingerprint density at radius 2 is 1.50 bits per heavy atom. The summed E-state index contributed by atoms with van der Waals surface area (Å²) in [5, 5.41) is 12.0. The van der Waals surface area contributed by atoms with Gasteiger partial charge < -0.3 is 9.84 Å². The molecule has 0 unspecified atom stereocenters. The van der Waals surface area contributed by atoms with Gasteiger partial charge in [-0.1, -0.05) is 48.5 Å². The van der Waals surface area contributed by atoms with E-state index in [9.17, 15) is 9.90 Å². The molecule has 4 aliphatic carbocycles. The molecule has 1 heterocycles. The fourth-order valence-corrected chi connectivity index (χ4v) is 11.1. The highest BCUT2D eigenvalue weighted by Crippen LogP contribution is 2.76. The maximum atomic E-state index is 12.9. The van der Waals surface area contributed by atoms with E-state index in [-0.39, 0.29) is 44.9 Å². The molecule has 34 heavy (non-hydrogen) atoms. The Balaban J connectivity index is 1.50. The zero-order chi connectivity index (χ0) is 25.1. The van der Waals surface area contributed by atoms with Gasteiger partial charge in [-0.3, -0.25) is 4.79 Å². The van der Waals surface area contributed by atoms with Gasteiger partial charge in [0.1, 0.15) is 5.78 Å². The Labute approximate surface area is 209 Å². The average molecular weight is 473 g/mol. The number of carbonyl (C=O) groups is 1. The van der Waals surface area contributed by atoms with Crippen LogP contribution >= 0.6 is 0 Å². The molecule has 0 radical (unpaired) electrons. The van der Waals surface area contributed by atoms with Crippen LogP contribution in [0.2, 0.25) is 0 Å². The first kappa shape index (κ1) is 25.2. The second-order valence-corrected chi connectivity index (χ2v) is 15.5. The minimum absolute atomic E-state index is 0.0286. The molecule has 10 atom stereocenters. The zero-order valence-corrected chi connectivity index (χ0v) is 23.6. The van der Waals surface area contributed by atoms with Crippen LogP contribution in [0.4, 0.5) is 0 Å². The lowest BCUT2D eigenvalue weighted by atomic mass is 9.35. The number of fused-ring (bicyclic) bond motifs is 5. The first-order valence-electron chi connectivity index (χ1n) is 14.5. The van der Waals surface area contributed by atoms with E-state index in [1.807, 2.05) is 0 Å². The van der Waals surface area contributed by atoms with E-state index in [0.29, 0.717) is 35.9 Å². The minimum Gasteiger partial charge on any atom is -0.393 e. The first-order chi connectivity index (χ1) is 15.6. The highest BCUT2D eigenvalue weighted by atomic mass is 16.5. The number of ether oxygens (including phenoxy) is 1. The summed E-state index contributed by atoms with van der Waals surface area (Å²) in [7, 11) is 0. The molecule has 5 rings (SSSR count). The van der Waals surface area contributed by atoms with Gasteiger partial charge in [-0.2, -0.15) is 0 Å². The molecule has 0 bridgehead atoms. The van der Waals surface area contributed by atoms with E-state index in [1.165, 1.54) is 12.8 Å². The molecule has 1 N–H and O–H groups in total. The summed E-state index contributed by atoms with van der Waals surface area (Å²) >= 11 is 0. The van der Waals surface area contributed by atoms with Gasteiger partial charge in [-0.25, -0.2) is 0 Å². The first-order valence-corrected chi connectivity index (χ1v) is 14.5. The third kappa shape index (κ3) is 2.98. The van der Waals surface area contributed by atoms with Crippen molar-refractivity contribution in [3.63, 3.8) is 0 Å². The van der Waals surface area contributed by atoms with Gasteiger partial charge in [0.25, 0.3) is 0 Å². The summed E-state index contributed by atoms with van der Waals surface area (Å²) in [6, 6.07) is 0. The second-order valence-electron chi connectivity index (χ2n) is 15.5. The molecule has 0 aromatic heterocycles. The molecule has 3 heteroatoms. The van der Waals surface area contributed by atoms with Gasteiger partial charge in [0.2, 0.25) is 0 Å². The summed E-state index contributed by atoms with van der Waals surface area (Å²) in [5.41, 5.74) is 0.00668. The maximum Gasteiger partial charge on any atom is 0.138 e. The van der Waals surface area contributed by atoms with Gasteiger partial charge in [-0.15, -0.1) is 0 Å². The molecule has 1 aliphatic heterocycles. The molecule has 3 nitrogen and oxygen atoms in total. The predicted molar refractivity (Wildman–Crippen MR) is 137 cm³/mol. The van der Waals surface area contributed by atoms with E-state index in [1.54, 1.807) is 0 Å². The van der Waals surface area contributed by atoms with Crippen molar-refractivity contribution in [3.05, 3.63) is 0 Å². The lowest BCUT2D eigenvalue weighted by molar-refractivity contribution is -0.243. The van der Waals surface area contributed by atoms with Crippen LogP contribution in [0.1, 0.15) is 120 Å². The third-order valence-electron chi connectivity index (χ3n) is 13.7. The van der Waals surface area contributed by atoms with Crippen LogP contribution < -0.4 is 0 Å². The summed E-state index contributed by atoms with van der Waals surface area (Å²) in [5.74, 6) is 2.67. The van der Waals surface area contributed by atoms with E-state index in [4.69, 9.17) is 4.74 Å². The van der Waals surface area contributed by atoms with Gasteiger partial charge >= 0.3 is 0 Å². The number of aliphatic hydroxyl groups is 1. The van der Waals surface area contributed by atoms with Gasteiger partial charge in [0.05, 0.1) is 17.3 Å². The van der Waals surface area contributed by atoms with E-state index >= 15 is 0 Å². The van der Waals surface area contributed by atoms with Crippen LogP contribution in [-0.2, 0) is 9.53 Å². The summed E-state index contributed by atoms with van der Waals surface area (Å²) in [6.45, 7) is 21.3. The number of hydrogen-bond acceptors (Lipinski definition) is 3. The minimum atomic E-state index is -0.276. The maximum absolute atomic E-state index is 12.9. The fraction of sp³-hybridized carbons (Fsp3) is 0.968. The SMILES string of the molecule is CC(C)[C@@]1(C)CC[C@@](C)([C@H]2CC[C@]3(C)[C@@H]2C[C@@H](O)[C@H]2[C@@]4(C)CCC(=O)C(C)(C)[C@@H]4CC[C@]23C)O1. The molecular weight excluding hydrogens is 420 g/mol. The third-order valence-corrected chi connectivity index (χ3v) is 13.7. The van der Waals surface area contributed by atoms with Crippen molar-refractivity contribution in [2.45, 2.75) is 137 Å². The molecule has 1 saturated heterocycles. The Morgan fingerprint density at radius 3 is 2.12 bits per heavy atom. The second kappa shape index (κ2) is 7.33. The standard InChI is InChI=1S/C31H52O3/c1-19(2)30(8)16-17-31(9,34-30)20-10-14-28(6)21(20)18-22(32)25-27(5)13-12-24(33)26(3,4)23(27)11-15-29(25,28)7/h19-23,25,32H,10-18H2,1-9H3/t20-,21+,22+,23-,25-,27-,28+,29+,30+,31-/m0/s1. The molecule has 0 aromatic carbocycles. The lowest BCUT2D eigenvalue weighted by Gasteiger charge is -2.70. The monoisotopic (exact) mass is 472 g/mol. The van der Waals surface area contributed by atoms with E-state index in [2.05, 4.69) is 62.3 Å². The van der Waals surface area contributed by atoms with Crippen LogP contribution in [0.25, 0.3) is 0 Å². The molecule has 5 aliphatic rings. The van der Waals surface area contributed by atoms with Crippen LogP contribution in [0.15, 0.2) is 0 Å². The van der Waals surface area contributed by atoms with Crippen molar-refractivity contribution >= 4 is 5.78 Å². The average Bonchev–Trinajstić information content (AvgIpc) is 3.24. The fourth-order valence-electron chi connectivity index (χ4n) is 11.1. The molecule has 0 spiro atoms. The molecule has 0 aromatic rings. The van der Waals surface area contributed by atoms with Crippen molar-refractivity contribution < 1.29 is 14.6 Å². The Bertz CT molecular complexity index is 863. The molecule has 5 fully saturated rings. The number of ketones is 1. The number of carbonyl (C=O) groups excluding carboxylic acids is 1. The summed E-state index contributed by atoms with van der Waals surface area (Å²) in [4.78, 5) is 12.9. The number of Topliss-reactive ketones (excluding diaryl/α,β-unsaturated/α-hetero) is 1. The quantitative estimate of drug-likeness (QED) is 0.462. The van der Waals surface area contributed by atoms with E-state index in [0.717, 1.165) is 38.5 Å². The lowest BCUT2D eigenvalue weighted by Crippen LogP contribution is -2.67. The number of hydrogen-bond donors (Lipinski definition) is 1. The van der Waals surface area contributed by atoms with E-state index < -0.39 is 0 Å². The van der Waals surface area contributed by atoms with Crippen LogP contribution in [0, 0.1) is 51.2 Å². The topological polar surface area (TPSA) is 46.5 Å². The van der Waals surface area contributed by atoms with Crippen molar-refractivity contribution in [1.29, 1.82) is 0 Å². The van der Waals surface area contributed by atoms with Gasteiger partial charge in [0, 0.05) is 11.8 Å². The number of aliphatic hydroxyl groups excluding tert-OH is 1. The van der Waals surface area contributed by atoms with Crippen molar-refractivity contribution in [2.24, 2.45) is 51.2 Å². The van der Waals surface area contributed by atoms with Crippen LogP contribution in [0.3, 0.4) is 0 Å². The van der Waals surface area contributed by atoms with Crippen molar-refractivity contribution in [2.75, 3.05) is 0 Å². The zero-order valence-electron chi connectivity index (χ0n) is 23.6. The molecule has 194 valence electrons. The predicted octanol–water partition coefficient (Wildman–Crippen LogP) is 7.20. The molecule has 0 amide bonds. The normalized spacial score (nSPS) is 56.8. The Kier molecular flexibility index (Phi) is 5.45. The highest BCUT2D eigenvalue weighted by molar-refractivity contribution is 5.85. The smallest absolute Gasteiger partial charge is 0.138 e. The highest BCUT2D eigenvalue weighted by Gasteiger charge is 2.72. The summed E-state index contributed by atoms with van der Waals surface area (Å²) < 4.78 is 7.01. The molecular formula is C31H52O3.